The lowest BCUT2D eigenvalue weighted by Crippen LogP contribution is -2.27. The summed E-state index contributed by atoms with van der Waals surface area (Å²) in [7, 11) is 0. The number of nitrogens with zero attached hydrogens (tertiary/aromatic N) is 3. The molecule has 19 heavy (non-hydrogen) atoms. The first kappa shape index (κ1) is 12.4. The normalized spacial score (nSPS) is 18.8. The second-order valence-electron chi connectivity index (χ2n) is 4.78. The number of halogens is 1. The topological polar surface area (TPSA) is 55.0 Å². The number of hydrogen-bond acceptors (Lipinski definition) is 4. The van der Waals surface area contributed by atoms with Gasteiger partial charge in [0.15, 0.2) is 5.82 Å². The summed E-state index contributed by atoms with van der Waals surface area (Å²) in [5.41, 5.74) is 7.70. The van der Waals surface area contributed by atoms with Crippen molar-refractivity contribution < 1.29 is 0 Å². The molecule has 1 aliphatic rings. The molecule has 5 heteroatoms. The SMILES string of the molecule is NC1CCN(c2ccc(-c3cccc(Cl)c3)nn2)C1. The highest BCUT2D eigenvalue weighted by molar-refractivity contribution is 6.30. The summed E-state index contributed by atoms with van der Waals surface area (Å²) in [6.45, 7) is 1.80. The van der Waals surface area contributed by atoms with Gasteiger partial charge in [0.2, 0.25) is 0 Å². The van der Waals surface area contributed by atoms with E-state index in [-0.39, 0.29) is 6.04 Å². The second-order valence-corrected chi connectivity index (χ2v) is 5.22. The average molecular weight is 275 g/mol. The molecule has 1 aromatic carbocycles. The van der Waals surface area contributed by atoms with Crippen LogP contribution in [0.25, 0.3) is 11.3 Å². The van der Waals surface area contributed by atoms with Crippen molar-refractivity contribution in [3.8, 4) is 11.3 Å². The maximum absolute atomic E-state index is 5.98. The summed E-state index contributed by atoms with van der Waals surface area (Å²) in [6, 6.07) is 11.8. The third-order valence-corrected chi connectivity index (χ3v) is 3.55. The third kappa shape index (κ3) is 2.69. The lowest BCUT2D eigenvalue weighted by molar-refractivity contribution is 0.750. The highest BCUT2D eigenvalue weighted by Gasteiger charge is 2.20. The quantitative estimate of drug-likeness (QED) is 0.913. The minimum atomic E-state index is 0.245. The highest BCUT2D eigenvalue weighted by Crippen LogP contribution is 2.22. The van der Waals surface area contributed by atoms with Gasteiger partial charge in [-0.25, -0.2) is 0 Å². The molecule has 2 aromatic rings. The van der Waals surface area contributed by atoms with Crippen molar-refractivity contribution >= 4 is 17.4 Å². The van der Waals surface area contributed by atoms with Crippen LogP contribution in [0.2, 0.25) is 5.02 Å². The second kappa shape index (κ2) is 5.15. The molecule has 0 radical (unpaired) electrons. The van der Waals surface area contributed by atoms with Crippen molar-refractivity contribution in [2.75, 3.05) is 18.0 Å². The summed E-state index contributed by atoms with van der Waals surface area (Å²) >= 11 is 5.98. The maximum Gasteiger partial charge on any atom is 0.151 e. The Hall–Kier alpha value is -1.65. The monoisotopic (exact) mass is 274 g/mol. The molecule has 1 saturated heterocycles. The van der Waals surface area contributed by atoms with Crippen LogP contribution in [0.3, 0.4) is 0 Å². The Morgan fingerprint density at radius 2 is 2.11 bits per heavy atom. The molecule has 2 N–H and O–H groups in total. The van der Waals surface area contributed by atoms with Crippen LogP contribution < -0.4 is 10.6 Å². The van der Waals surface area contributed by atoms with Crippen molar-refractivity contribution in [3.05, 3.63) is 41.4 Å². The molecule has 98 valence electrons. The minimum Gasteiger partial charge on any atom is -0.354 e. The van der Waals surface area contributed by atoms with E-state index in [4.69, 9.17) is 17.3 Å². The molecule has 3 rings (SSSR count). The minimum absolute atomic E-state index is 0.245. The Morgan fingerprint density at radius 3 is 2.74 bits per heavy atom. The molecule has 0 bridgehead atoms. The Bertz CT molecular complexity index is 570. The van der Waals surface area contributed by atoms with Gasteiger partial charge >= 0.3 is 0 Å². The Balaban J connectivity index is 1.83. The van der Waals surface area contributed by atoms with E-state index in [0.29, 0.717) is 5.02 Å². The van der Waals surface area contributed by atoms with Crippen molar-refractivity contribution in [2.45, 2.75) is 12.5 Å². The van der Waals surface area contributed by atoms with Crippen LogP contribution in [-0.4, -0.2) is 29.3 Å². The average Bonchev–Trinajstić information content (AvgIpc) is 2.86. The van der Waals surface area contributed by atoms with Gasteiger partial charge in [0.1, 0.15) is 0 Å². The van der Waals surface area contributed by atoms with E-state index in [2.05, 4.69) is 15.1 Å². The van der Waals surface area contributed by atoms with Gasteiger partial charge < -0.3 is 10.6 Å². The van der Waals surface area contributed by atoms with Crippen molar-refractivity contribution in [2.24, 2.45) is 5.73 Å². The largest absolute Gasteiger partial charge is 0.354 e. The summed E-state index contributed by atoms with van der Waals surface area (Å²) < 4.78 is 0. The van der Waals surface area contributed by atoms with Crippen molar-refractivity contribution in [1.29, 1.82) is 0 Å². The molecule has 4 nitrogen and oxygen atoms in total. The van der Waals surface area contributed by atoms with E-state index >= 15 is 0 Å². The number of benzene rings is 1. The van der Waals surface area contributed by atoms with Crippen LogP contribution in [0.5, 0.6) is 0 Å². The third-order valence-electron chi connectivity index (χ3n) is 3.32. The smallest absolute Gasteiger partial charge is 0.151 e. The first-order valence-corrected chi connectivity index (χ1v) is 6.70. The fourth-order valence-electron chi connectivity index (χ4n) is 2.29. The molecule has 0 saturated carbocycles. The molecule has 1 unspecified atom stereocenters. The number of nitrogens with two attached hydrogens (primary N) is 1. The Morgan fingerprint density at radius 1 is 1.21 bits per heavy atom. The zero-order valence-electron chi connectivity index (χ0n) is 10.5. The first-order valence-electron chi connectivity index (χ1n) is 6.32. The number of anilines is 1. The van der Waals surface area contributed by atoms with Gasteiger partial charge in [0.05, 0.1) is 5.69 Å². The van der Waals surface area contributed by atoms with Gasteiger partial charge in [-0.1, -0.05) is 23.7 Å². The predicted molar refractivity (Wildman–Crippen MR) is 77.3 cm³/mol. The van der Waals surface area contributed by atoms with Gasteiger partial charge in [0, 0.05) is 29.7 Å². The first-order chi connectivity index (χ1) is 9.22. The van der Waals surface area contributed by atoms with Crippen LogP contribution in [-0.2, 0) is 0 Å². The standard InChI is InChI=1S/C14H15ClN4/c15-11-3-1-2-10(8-11)13-4-5-14(18-17-13)19-7-6-12(16)9-19/h1-5,8,12H,6-7,9,16H2. The van der Waals surface area contributed by atoms with Crippen LogP contribution in [0.4, 0.5) is 5.82 Å². The number of hydrogen-bond donors (Lipinski definition) is 1. The van der Waals surface area contributed by atoms with Crippen LogP contribution in [0, 0.1) is 0 Å². The predicted octanol–water partition coefficient (Wildman–Crippen LogP) is 2.33. The highest BCUT2D eigenvalue weighted by atomic mass is 35.5. The lowest BCUT2D eigenvalue weighted by Gasteiger charge is -2.15. The van der Waals surface area contributed by atoms with E-state index in [1.165, 1.54) is 0 Å². The molecular formula is C14H15ClN4. The van der Waals surface area contributed by atoms with Gasteiger partial charge in [-0.15, -0.1) is 10.2 Å². The maximum atomic E-state index is 5.98. The summed E-state index contributed by atoms with van der Waals surface area (Å²) in [5, 5.41) is 9.25. The molecular weight excluding hydrogens is 260 g/mol. The fourth-order valence-corrected chi connectivity index (χ4v) is 2.48. The fraction of sp³-hybridized carbons (Fsp3) is 0.286. The van der Waals surface area contributed by atoms with Gasteiger partial charge in [0.25, 0.3) is 0 Å². The molecule has 0 spiro atoms. The van der Waals surface area contributed by atoms with E-state index in [0.717, 1.165) is 36.6 Å². The molecule has 0 aliphatic carbocycles. The molecule has 1 aliphatic heterocycles. The molecule has 2 heterocycles. The van der Waals surface area contributed by atoms with Crippen LogP contribution in [0.15, 0.2) is 36.4 Å². The summed E-state index contributed by atoms with van der Waals surface area (Å²) in [4.78, 5) is 2.17. The molecule has 1 aromatic heterocycles. The summed E-state index contributed by atoms with van der Waals surface area (Å²) in [5.74, 6) is 0.888. The Labute approximate surface area is 117 Å². The Kier molecular flexibility index (Phi) is 3.36. The van der Waals surface area contributed by atoms with Crippen molar-refractivity contribution in [3.63, 3.8) is 0 Å². The van der Waals surface area contributed by atoms with E-state index in [1.54, 1.807) is 0 Å². The summed E-state index contributed by atoms with van der Waals surface area (Å²) in [6.07, 6.45) is 1.01. The van der Waals surface area contributed by atoms with Crippen LogP contribution >= 0.6 is 11.6 Å². The van der Waals surface area contributed by atoms with E-state index < -0.39 is 0 Å². The zero-order chi connectivity index (χ0) is 13.2. The molecule has 1 atom stereocenters. The number of rotatable bonds is 2. The number of aromatic nitrogens is 2. The van der Waals surface area contributed by atoms with Gasteiger partial charge in [-0.3, -0.25) is 0 Å². The molecule has 0 amide bonds. The lowest BCUT2D eigenvalue weighted by atomic mass is 10.1. The van der Waals surface area contributed by atoms with E-state index in [1.807, 2.05) is 36.4 Å². The van der Waals surface area contributed by atoms with Gasteiger partial charge in [-0.2, -0.15) is 0 Å². The van der Waals surface area contributed by atoms with Crippen molar-refractivity contribution in [1.82, 2.24) is 10.2 Å². The van der Waals surface area contributed by atoms with E-state index in [9.17, 15) is 0 Å². The van der Waals surface area contributed by atoms with Crippen LogP contribution in [0.1, 0.15) is 6.42 Å². The zero-order valence-corrected chi connectivity index (χ0v) is 11.2. The molecule has 1 fully saturated rings. The van der Waals surface area contributed by atoms with Gasteiger partial charge in [-0.05, 0) is 30.7 Å².